The van der Waals surface area contributed by atoms with Gasteiger partial charge in [-0.2, -0.15) is 0 Å². The number of sulfonamides is 1. The summed E-state index contributed by atoms with van der Waals surface area (Å²) in [6.45, 7) is 4.54. The summed E-state index contributed by atoms with van der Waals surface area (Å²) in [5, 5.41) is 1.63. The van der Waals surface area contributed by atoms with Gasteiger partial charge in [0, 0.05) is 27.2 Å². The second-order valence-electron chi connectivity index (χ2n) is 9.09. The van der Waals surface area contributed by atoms with E-state index in [-0.39, 0.29) is 25.9 Å². The fourth-order valence-electron chi connectivity index (χ4n) is 3.81. The van der Waals surface area contributed by atoms with Crippen LogP contribution in [0.1, 0.15) is 20.8 Å². The molecule has 7 nitrogen and oxygen atoms in total. The molecule has 192 valence electrons. The van der Waals surface area contributed by atoms with Crippen LogP contribution >= 0.6 is 34.8 Å². The van der Waals surface area contributed by atoms with Gasteiger partial charge in [0.15, 0.2) is 0 Å². The normalized spacial score (nSPS) is 11.9. The predicted molar refractivity (Wildman–Crippen MR) is 147 cm³/mol. The Morgan fingerprint density at radius 3 is 2.24 bits per heavy atom. The third-order valence-electron chi connectivity index (χ3n) is 5.19. The highest BCUT2D eigenvalue weighted by atomic mass is 35.5. The first-order valence-electron chi connectivity index (χ1n) is 11.1. The molecule has 0 fully saturated rings. The monoisotopic (exact) mass is 577 g/mol. The summed E-state index contributed by atoms with van der Waals surface area (Å²) in [7, 11) is -4.31. The first-order valence-corrected chi connectivity index (χ1v) is 13.6. The van der Waals surface area contributed by atoms with Crippen LogP contribution in [0.25, 0.3) is 22.0 Å². The Kier molecular flexibility index (Phi) is 7.67. The van der Waals surface area contributed by atoms with Crippen molar-refractivity contribution < 1.29 is 17.9 Å². The fraction of sp³-hybridized carbons (Fsp3) is 0.192. The van der Waals surface area contributed by atoms with Gasteiger partial charge < -0.3 is 4.74 Å². The van der Waals surface area contributed by atoms with Crippen LogP contribution in [0.4, 0.5) is 5.69 Å². The van der Waals surface area contributed by atoms with E-state index in [1.54, 1.807) is 51.1 Å². The number of fused-ring (bicyclic) bond motifs is 1. The molecule has 0 aliphatic carbocycles. The number of ether oxygens (including phenoxy) is 1. The van der Waals surface area contributed by atoms with Crippen LogP contribution in [-0.2, 0) is 19.6 Å². The largest absolute Gasteiger partial charge is 0.459 e. The van der Waals surface area contributed by atoms with Gasteiger partial charge in [-0.1, -0.05) is 53.5 Å². The third kappa shape index (κ3) is 6.15. The van der Waals surface area contributed by atoms with Crippen LogP contribution in [0.2, 0.25) is 15.3 Å². The number of nitrogens with zero attached hydrogens (tertiary/aromatic N) is 3. The third-order valence-corrected chi connectivity index (χ3v) is 7.54. The van der Waals surface area contributed by atoms with Crippen LogP contribution in [0.3, 0.4) is 0 Å². The van der Waals surface area contributed by atoms with Crippen LogP contribution in [-0.4, -0.2) is 36.5 Å². The second kappa shape index (κ2) is 10.5. The van der Waals surface area contributed by atoms with Gasteiger partial charge in [0.2, 0.25) is 5.28 Å². The molecule has 0 amide bonds. The molecule has 4 rings (SSSR count). The summed E-state index contributed by atoms with van der Waals surface area (Å²) in [6, 6.07) is 16.2. The molecular weight excluding hydrogens is 557 g/mol. The summed E-state index contributed by atoms with van der Waals surface area (Å²) < 4.78 is 34.3. The van der Waals surface area contributed by atoms with Crippen molar-refractivity contribution in [1.29, 1.82) is 0 Å². The topological polar surface area (TPSA) is 89.5 Å². The van der Waals surface area contributed by atoms with Crippen LogP contribution < -0.4 is 4.31 Å². The highest BCUT2D eigenvalue weighted by Gasteiger charge is 2.31. The Morgan fingerprint density at radius 1 is 0.946 bits per heavy atom. The Labute approximate surface area is 230 Å². The van der Waals surface area contributed by atoms with E-state index in [0.717, 1.165) is 4.31 Å². The minimum atomic E-state index is -4.31. The van der Waals surface area contributed by atoms with Crippen molar-refractivity contribution in [2.45, 2.75) is 31.3 Å². The summed E-state index contributed by atoms with van der Waals surface area (Å²) in [5.74, 6) is -0.722. The number of hydrogen-bond acceptors (Lipinski definition) is 6. The average Bonchev–Trinajstić information content (AvgIpc) is 2.80. The lowest BCUT2D eigenvalue weighted by Gasteiger charge is -2.27. The van der Waals surface area contributed by atoms with E-state index in [2.05, 4.69) is 9.97 Å². The lowest BCUT2D eigenvalue weighted by atomic mass is 10.0. The lowest BCUT2D eigenvalue weighted by molar-refractivity contribution is -0.152. The number of halogens is 3. The highest BCUT2D eigenvalue weighted by molar-refractivity contribution is 7.93. The van der Waals surface area contributed by atoms with E-state index >= 15 is 0 Å². The number of rotatable bonds is 6. The lowest BCUT2D eigenvalue weighted by Crippen LogP contribution is -2.39. The first-order chi connectivity index (χ1) is 17.3. The summed E-state index contributed by atoms with van der Waals surface area (Å²) in [5.41, 5.74) is 0.723. The minimum Gasteiger partial charge on any atom is -0.459 e. The Morgan fingerprint density at radius 2 is 1.59 bits per heavy atom. The van der Waals surface area contributed by atoms with E-state index in [9.17, 15) is 13.2 Å². The maximum absolute atomic E-state index is 13.9. The molecule has 11 heteroatoms. The molecule has 4 aromatic rings. The van der Waals surface area contributed by atoms with E-state index in [4.69, 9.17) is 39.5 Å². The van der Waals surface area contributed by atoms with Crippen molar-refractivity contribution in [3.05, 3.63) is 82.2 Å². The van der Waals surface area contributed by atoms with Gasteiger partial charge >= 0.3 is 5.97 Å². The summed E-state index contributed by atoms with van der Waals surface area (Å²) >= 11 is 18.2. The zero-order chi connectivity index (χ0) is 27.0. The average molecular weight is 579 g/mol. The molecule has 0 spiro atoms. The number of aromatic nitrogens is 2. The number of benzene rings is 3. The van der Waals surface area contributed by atoms with Gasteiger partial charge in [-0.3, -0.25) is 9.10 Å². The molecule has 0 atom stereocenters. The van der Waals surface area contributed by atoms with E-state index in [1.807, 2.05) is 12.1 Å². The number of esters is 1. The van der Waals surface area contributed by atoms with Gasteiger partial charge in [0.25, 0.3) is 10.0 Å². The molecule has 0 bridgehead atoms. The Hall–Kier alpha value is -2.91. The number of hydrogen-bond donors (Lipinski definition) is 0. The molecule has 0 radical (unpaired) electrons. The van der Waals surface area contributed by atoms with Gasteiger partial charge in [0.05, 0.1) is 16.3 Å². The maximum atomic E-state index is 13.9. The summed E-state index contributed by atoms with van der Waals surface area (Å²) in [4.78, 5) is 21.0. The molecule has 0 aliphatic rings. The molecular formula is C26H22Cl3N3O4S. The van der Waals surface area contributed by atoms with Crippen molar-refractivity contribution in [3.8, 4) is 11.3 Å². The second-order valence-corrected chi connectivity index (χ2v) is 12.2. The van der Waals surface area contributed by atoms with Crippen LogP contribution in [0, 0.1) is 0 Å². The van der Waals surface area contributed by atoms with Crippen molar-refractivity contribution in [3.63, 3.8) is 0 Å². The number of carbonyl (C=O) groups excluding carboxylic acids is 1. The zero-order valence-electron chi connectivity index (χ0n) is 20.1. The smallest absolute Gasteiger partial charge is 0.327 e. The summed E-state index contributed by atoms with van der Waals surface area (Å²) in [6.07, 6.45) is 1.54. The zero-order valence-corrected chi connectivity index (χ0v) is 23.2. The van der Waals surface area contributed by atoms with Crippen molar-refractivity contribution in [1.82, 2.24) is 9.97 Å². The maximum Gasteiger partial charge on any atom is 0.327 e. The molecule has 0 saturated carbocycles. The molecule has 37 heavy (non-hydrogen) atoms. The van der Waals surface area contributed by atoms with Gasteiger partial charge in [-0.05, 0) is 68.1 Å². The van der Waals surface area contributed by atoms with Crippen LogP contribution in [0.5, 0.6) is 0 Å². The fourth-order valence-corrected chi connectivity index (χ4v) is 6.12. The molecule has 0 N–H and O–H groups in total. The quantitative estimate of drug-likeness (QED) is 0.185. The molecule has 0 saturated heterocycles. The van der Waals surface area contributed by atoms with E-state index in [0.29, 0.717) is 22.0 Å². The first kappa shape index (κ1) is 27.1. The predicted octanol–water partition coefficient (Wildman–Crippen LogP) is 6.79. The molecule has 0 aliphatic heterocycles. The molecule has 0 unspecified atom stereocenters. The van der Waals surface area contributed by atoms with Gasteiger partial charge in [-0.15, -0.1) is 0 Å². The van der Waals surface area contributed by atoms with E-state index in [1.165, 1.54) is 24.4 Å². The highest BCUT2D eigenvalue weighted by Crippen LogP contribution is 2.36. The van der Waals surface area contributed by atoms with Crippen molar-refractivity contribution in [2.24, 2.45) is 0 Å². The standard InChI is InChI=1S/C26H22Cl3N3O4S/c1-26(2,3)36-24(33)15-32(37(34,35)18-13-16(27)12-17(28)14-18)23-9-5-6-19-20(7-4-8-21(19)23)22-10-11-30-25(29)31-22/h4-14H,15H2,1-3H3. The Balaban J connectivity index is 1.93. The van der Waals surface area contributed by atoms with Gasteiger partial charge in [0.1, 0.15) is 12.1 Å². The van der Waals surface area contributed by atoms with Crippen molar-refractivity contribution in [2.75, 3.05) is 10.8 Å². The van der Waals surface area contributed by atoms with E-state index < -0.39 is 28.1 Å². The van der Waals surface area contributed by atoms with Gasteiger partial charge in [-0.25, -0.2) is 18.4 Å². The molecule has 3 aromatic carbocycles. The number of carbonyl (C=O) groups is 1. The van der Waals surface area contributed by atoms with Crippen LogP contribution in [0.15, 0.2) is 71.8 Å². The minimum absolute atomic E-state index is 0.0811. The Bertz CT molecular complexity index is 1580. The molecule has 1 aromatic heterocycles. The number of anilines is 1. The molecule has 1 heterocycles. The van der Waals surface area contributed by atoms with Crippen molar-refractivity contribution >= 4 is 67.3 Å². The SMILES string of the molecule is CC(C)(C)OC(=O)CN(c1cccc2c(-c3ccnc(Cl)n3)cccc12)S(=O)(=O)c1cc(Cl)cc(Cl)c1.